The van der Waals surface area contributed by atoms with Gasteiger partial charge in [0, 0.05) is 0 Å². The van der Waals surface area contributed by atoms with Crippen molar-refractivity contribution in [3.05, 3.63) is 35.7 Å². The van der Waals surface area contributed by atoms with Crippen molar-refractivity contribution in [3.8, 4) is 0 Å². The molecular formula is C6H4BrF3. The van der Waals surface area contributed by atoms with Gasteiger partial charge in [-0.15, -0.1) is 17.0 Å². The van der Waals surface area contributed by atoms with E-state index in [2.05, 4.69) is 0 Å². The van der Waals surface area contributed by atoms with Crippen LogP contribution in [-0.4, -0.2) is 0 Å². The Morgan fingerprint density at radius 2 is 1.30 bits per heavy atom. The van der Waals surface area contributed by atoms with E-state index in [0.717, 1.165) is 18.2 Å². The maximum atomic E-state index is 12.0. The van der Waals surface area contributed by atoms with E-state index in [1.165, 1.54) is 0 Å². The minimum Gasteiger partial charge on any atom is -0.204 e. The molecule has 0 N–H and O–H groups in total. The van der Waals surface area contributed by atoms with Crippen molar-refractivity contribution < 1.29 is 13.2 Å². The van der Waals surface area contributed by atoms with Gasteiger partial charge in [-0.05, 0) is 12.1 Å². The predicted octanol–water partition coefficient (Wildman–Crippen LogP) is 2.68. The quantitative estimate of drug-likeness (QED) is 0.581. The molecule has 0 saturated heterocycles. The van der Waals surface area contributed by atoms with Crippen molar-refractivity contribution in [3.63, 3.8) is 0 Å². The van der Waals surface area contributed by atoms with Crippen LogP contribution in [0.2, 0.25) is 0 Å². The van der Waals surface area contributed by atoms with E-state index in [4.69, 9.17) is 0 Å². The van der Waals surface area contributed by atoms with Crippen LogP contribution in [0.25, 0.3) is 0 Å². The van der Waals surface area contributed by atoms with E-state index in [9.17, 15) is 13.2 Å². The second-order valence-corrected chi connectivity index (χ2v) is 1.54. The normalized spacial score (nSPS) is 8.70. The molecular weight excluding hydrogens is 209 g/mol. The molecule has 1 rings (SSSR count). The Kier molecular flexibility index (Phi) is 3.42. The van der Waals surface area contributed by atoms with E-state index in [0.29, 0.717) is 0 Å². The highest BCUT2D eigenvalue weighted by Crippen LogP contribution is 2.07. The third-order valence-corrected chi connectivity index (χ3v) is 0.904. The first kappa shape index (κ1) is 9.49. The Labute approximate surface area is 66.4 Å². The molecule has 0 spiro atoms. The average Bonchev–Trinajstić information content (AvgIpc) is 1.83. The average molecular weight is 213 g/mol. The van der Waals surface area contributed by atoms with E-state index in [1.54, 1.807) is 0 Å². The summed E-state index contributed by atoms with van der Waals surface area (Å²) < 4.78 is 35.9. The van der Waals surface area contributed by atoms with Crippen LogP contribution < -0.4 is 0 Å². The molecule has 0 unspecified atom stereocenters. The fourth-order valence-corrected chi connectivity index (χ4v) is 0.477. The minimum absolute atomic E-state index is 0. The first-order valence-electron chi connectivity index (χ1n) is 2.31. The zero-order valence-corrected chi connectivity index (χ0v) is 6.49. The van der Waals surface area contributed by atoms with Gasteiger partial charge in [-0.2, -0.15) is 0 Å². The van der Waals surface area contributed by atoms with Crippen LogP contribution in [0.4, 0.5) is 13.2 Å². The first-order valence-corrected chi connectivity index (χ1v) is 2.31. The van der Waals surface area contributed by atoms with Gasteiger partial charge in [0.25, 0.3) is 0 Å². The van der Waals surface area contributed by atoms with E-state index in [1.807, 2.05) is 0 Å². The molecule has 0 aliphatic heterocycles. The van der Waals surface area contributed by atoms with Crippen molar-refractivity contribution in [1.82, 2.24) is 0 Å². The lowest BCUT2D eigenvalue weighted by molar-refractivity contribution is 0.447. The van der Waals surface area contributed by atoms with Crippen LogP contribution in [-0.2, 0) is 0 Å². The Bertz CT molecular complexity index is 204. The van der Waals surface area contributed by atoms with Crippen molar-refractivity contribution in [2.75, 3.05) is 0 Å². The van der Waals surface area contributed by atoms with Gasteiger partial charge in [-0.1, -0.05) is 6.07 Å². The summed E-state index contributed by atoms with van der Waals surface area (Å²) in [6, 6.07) is 2.82. The molecule has 0 aliphatic carbocycles. The molecule has 0 fully saturated rings. The molecule has 1 aromatic carbocycles. The summed E-state index contributed by atoms with van der Waals surface area (Å²) in [6.45, 7) is 0. The summed E-state index contributed by atoms with van der Waals surface area (Å²) in [7, 11) is 0. The number of rotatable bonds is 0. The topological polar surface area (TPSA) is 0 Å². The molecule has 0 heterocycles. The molecule has 0 bridgehead atoms. The molecule has 0 amide bonds. The summed E-state index contributed by atoms with van der Waals surface area (Å²) >= 11 is 0. The summed E-state index contributed by atoms with van der Waals surface area (Å²) in [6.07, 6.45) is 0. The lowest BCUT2D eigenvalue weighted by Gasteiger charge is -1.90. The van der Waals surface area contributed by atoms with Gasteiger partial charge in [0.2, 0.25) is 0 Å². The summed E-state index contributed by atoms with van der Waals surface area (Å²) in [4.78, 5) is 0. The molecule has 0 radical (unpaired) electrons. The Morgan fingerprint density at radius 3 is 1.60 bits per heavy atom. The molecule has 10 heavy (non-hydrogen) atoms. The molecule has 56 valence electrons. The highest BCUT2D eigenvalue weighted by molar-refractivity contribution is 8.93. The van der Waals surface area contributed by atoms with Gasteiger partial charge in [-0.3, -0.25) is 0 Å². The largest absolute Gasteiger partial charge is 0.204 e. The van der Waals surface area contributed by atoms with Gasteiger partial charge in [0.1, 0.15) is 0 Å². The molecule has 0 atom stereocenters. The lowest BCUT2D eigenvalue weighted by Crippen LogP contribution is -1.86. The molecule has 0 aliphatic rings. The fraction of sp³-hybridized carbons (Fsp3) is 0. The molecule has 0 saturated carbocycles. The SMILES string of the molecule is Br.Fc1cccc(F)c1F. The number of hydrogen-bond donors (Lipinski definition) is 0. The van der Waals surface area contributed by atoms with Crippen LogP contribution >= 0.6 is 17.0 Å². The molecule has 0 nitrogen and oxygen atoms in total. The summed E-state index contributed by atoms with van der Waals surface area (Å²) in [5.41, 5.74) is 0. The fourth-order valence-electron chi connectivity index (χ4n) is 0.477. The van der Waals surface area contributed by atoms with Crippen molar-refractivity contribution in [1.29, 1.82) is 0 Å². The van der Waals surface area contributed by atoms with Crippen LogP contribution in [0.1, 0.15) is 0 Å². The summed E-state index contributed by atoms with van der Waals surface area (Å²) in [5.74, 6) is -3.73. The van der Waals surface area contributed by atoms with E-state index in [-0.39, 0.29) is 17.0 Å². The van der Waals surface area contributed by atoms with Gasteiger partial charge in [0.15, 0.2) is 17.5 Å². The Morgan fingerprint density at radius 1 is 0.900 bits per heavy atom. The van der Waals surface area contributed by atoms with Crippen molar-refractivity contribution in [2.45, 2.75) is 0 Å². The predicted molar refractivity (Wildman–Crippen MR) is 36.6 cm³/mol. The summed E-state index contributed by atoms with van der Waals surface area (Å²) in [5, 5.41) is 0. The minimum atomic E-state index is -1.42. The smallest absolute Gasteiger partial charge is 0.194 e. The third kappa shape index (κ3) is 1.73. The zero-order chi connectivity index (χ0) is 6.85. The molecule has 0 aromatic heterocycles. The Hall–Kier alpha value is -0.510. The maximum absolute atomic E-state index is 12.0. The number of benzene rings is 1. The van der Waals surface area contributed by atoms with Crippen LogP contribution in [0.3, 0.4) is 0 Å². The van der Waals surface area contributed by atoms with Gasteiger partial charge in [0.05, 0.1) is 0 Å². The van der Waals surface area contributed by atoms with Gasteiger partial charge < -0.3 is 0 Å². The second kappa shape index (κ2) is 3.61. The zero-order valence-electron chi connectivity index (χ0n) is 4.77. The first-order chi connectivity index (χ1) is 4.22. The van der Waals surface area contributed by atoms with E-state index < -0.39 is 17.5 Å². The van der Waals surface area contributed by atoms with Crippen LogP contribution in [0.15, 0.2) is 18.2 Å². The lowest BCUT2D eigenvalue weighted by atomic mass is 10.3. The Balaban J connectivity index is 0.000000810. The maximum Gasteiger partial charge on any atom is 0.194 e. The number of hydrogen-bond acceptors (Lipinski definition) is 0. The number of halogens is 4. The van der Waals surface area contributed by atoms with Crippen molar-refractivity contribution >= 4 is 17.0 Å². The highest BCUT2D eigenvalue weighted by atomic mass is 79.9. The molecule has 1 aromatic rings. The monoisotopic (exact) mass is 212 g/mol. The molecule has 4 heteroatoms. The van der Waals surface area contributed by atoms with Crippen molar-refractivity contribution in [2.24, 2.45) is 0 Å². The van der Waals surface area contributed by atoms with E-state index >= 15 is 0 Å². The van der Waals surface area contributed by atoms with Crippen LogP contribution in [0.5, 0.6) is 0 Å². The van der Waals surface area contributed by atoms with Gasteiger partial charge in [-0.25, -0.2) is 13.2 Å². The third-order valence-electron chi connectivity index (χ3n) is 0.904. The second-order valence-electron chi connectivity index (χ2n) is 1.54. The van der Waals surface area contributed by atoms with Crippen LogP contribution in [0, 0.1) is 17.5 Å². The standard InChI is InChI=1S/C6H3F3.BrH/c7-4-2-1-3-5(8)6(4)9;/h1-3H;1H. The van der Waals surface area contributed by atoms with Gasteiger partial charge >= 0.3 is 0 Å². The highest BCUT2D eigenvalue weighted by Gasteiger charge is 2.04.